The number of benzene rings is 2. The lowest BCUT2D eigenvalue weighted by molar-refractivity contribution is 0.621. The lowest BCUT2D eigenvalue weighted by atomic mass is 10.2. The molecule has 0 aliphatic carbocycles. The average molecular weight is 299 g/mol. The van der Waals surface area contributed by atoms with Gasteiger partial charge in [0.05, 0.1) is 4.47 Å². The summed E-state index contributed by atoms with van der Waals surface area (Å²) in [6.07, 6.45) is 0. The molecule has 0 atom stereocenters. The van der Waals surface area contributed by atoms with Crippen molar-refractivity contribution in [2.45, 2.75) is 0 Å². The van der Waals surface area contributed by atoms with Crippen LogP contribution in [-0.2, 0) is 0 Å². The molecule has 0 aliphatic heterocycles. The summed E-state index contributed by atoms with van der Waals surface area (Å²) in [6.45, 7) is 0. The van der Waals surface area contributed by atoms with Gasteiger partial charge in [0.2, 0.25) is 0 Å². The van der Waals surface area contributed by atoms with Gasteiger partial charge in [-0.25, -0.2) is 8.78 Å². The molecule has 0 unspecified atom stereocenters. The Bertz CT molecular complexity index is 538. The van der Waals surface area contributed by atoms with Crippen LogP contribution >= 0.6 is 15.9 Å². The Balaban J connectivity index is 2.28. The first-order valence-corrected chi connectivity index (χ1v) is 5.62. The van der Waals surface area contributed by atoms with Gasteiger partial charge in [-0.15, -0.1) is 0 Å². The van der Waals surface area contributed by atoms with E-state index in [0.29, 0.717) is 21.5 Å². The minimum absolute atomic E-state index is 0.327. The maximum absolute atomic E-state index is 13.1. The van der Waals surface area contributed by atoms with E-state index in [1.807, 2.05) is 0 Å². The van der Waals surface area contributed by atoms with E-state index in [2.05, 4.69) is 21.2 Å². The van der Waals surface area contributed by atoms with Gasteiger partial charge in [-0.2, -0.15) is 0 Å². The third-order valence-corrected chi connectivity index (χ3v) is 2.74. The second-order valence-corrected chi connectivity index (χ2v) is 4.38. The van der Waals surface area contributed by atoms with Crippen LogP contribution in [0.5, 0.6) is 0 Å². The molecule has 88 valence electrons. The minimum atomic E-state index is -0.423. The van der Waals surface area contributed by atoms with Gasteiger partial charge < -0.3 is 11.1 Å². The number of nitrogens with one attached hydrogen (secondary N) is 1. The third-order valence-electron chi connectivity index (χ3n) is 2.13. The standard InChI is InChI=1S/C12H9BrF2N2/c13-11-6-9(1-2-12(11)15)17-10-4-7(14)3-8(16)5-10/h1-6,17H,16H2. The summed E-state index contributed by atoms with van der Waals surface area (Å²) in [5.41, 5.74) is 7.00. The van der Waals surface area contributed by atoms with E-state index in [4.69, 9.17) is 5.73 Å². The van der Waals surface area contributed by atoms with Crippen molar-refractivity contribution in [1.29, 1.82) is 0 Å². The first-order chi connectivity index (χ1) is 8.04. The van der Waals surface area contributed by atoms with Crippen LogP contribution in [0.1, 0.15) is 0 Å². The molecule has 0 heterocycles. The van der Waals surface area contributed by atoms with Crippen LogP contribution in [0.25, 0.3) is 0 Å². The van der Waals surface area contributed by atoms with E-state index in [9.17, 15) is 8.78 Å². The van der Waals surface area contributed by atoms with Crippen molar-refractivity contribution < 1.29 is 8.78 Å². The summed E-state index contributed by atoms with van der Waals surface area (Å²) in [4.78, 5) is 0. The molecule has 2 nitrogen and oxygen atoms in total. The maximum atomic E-state index is 13.1. The Kier molecular flexibility index (Phi) is 3.28. The quantitative estimate of drug-likeness (QED) is 0.821. The van der Waals surface area contributed by atoms with Gasteiger partial charge in [-0.3, -0.25) is 0 Å². The van der Waals surface area contributed by atoms with Gasteiger partial charge in [-0.05, 0) is 52.3 Å². The molecule has 0 fully saturated rings. The van der Waals surface area contributed by atoms with Crippen molar-refractivity contribution >= 4 is 33.0 Å². The number of halogens is 3. The van der Waals surface area contributed by atoms with E-state index in [-0.39, 0.29) is 5.82 Å². The molecule has 0 bridgehead atoms. The molecule has 0 aliphatic rings. The zero-order valence-electron chi connectivity index (χ0n) is 8.68. The molecule has 0 amide bonds. The Morgan fingerprint density at radius 1 is 1.00 bits per heavy atom. The van der Waals surface area contributed by atoms with Crippen molar-refractivity contribution in [3.8, 4) is 0 Å². The number of hydrogen-bond acceptors (Lipinski definition) is 2. The van der Waals surface area contributed by atoms with Gasteiger partial charge in [0, 0.05) is 17.1 Å². The minimum Gasteiger partial charge on any atom is -0.399 e. The fraction of sp³-hybridized carbons (Fsp3) is 0. The molecular weight excluding hydrogens is 290 g/mol. The zero-order chi connectivity index (χ0) is 12.4. The van der Waals surface area contributed by atoms with Crippen molar-refractivity contribution in [3.63, 3.8) is 0 Å². The number of rotatable bonds is 2. The van der Waals surface area contributed by atoms with E-state index >= 15 is 0 Å². The molecule has 3 N–H and O–H groups in total. The Hall–Kier alpha value is -1.62. The Morgan fingerprint density at radius 3 is 2.41 bits per heavy atom. The summed E-state index contributed by atoms with van der Waals surface area (Å²) in [5.74, 6) is -0.775. The molecule has 2 aromatic rings. The highest BCUT2D eigenvalue weighted by atomic mass is 79.9. The van der Waals surface area contributed by atoms with Gasteiger partial charge >= 0.3 is 0 Å². The molecule has 5 heteroatoms. The summed E-state index contributed by atoms with van der Waals surface area (Å²) < 4.78 is 26.4. The normalized spacial score (nSPS) is 10.3. The molecule has 2 rings (SSSR count). The highest BCUT2D eigenvalue weighted by molar-refractivity contribution is 9.10. The molecule has 17 heavy (non-hydrogen) atoms. The van der Waals surface area contributed by atoms with Gasteiger partial charge in [-0.1, -0.05) is 0 Å². The molecule has 0 spiro atoms. The number of nitrogens with two attached hydrogens (primary N) is 1. The number of nitrogen functional groups attached to an aromatic ring is 1. The molecule has 0 radical (unpaired) electrons. The SMILES string of the molecule is Nc1cc(F)cc(Nc2ccc(F)c(Br)c2)c1. The van der Waals surface area contributed by atoms with Crippen molar-refractivity contribution in [1.82, 2.24) is 0 Å². The van der Waals surface area contributed by atoms with E-state index < -0.39 is 5.82 Å². The van der Waals surface area contributed by atoms with Gasteiger partial charge in [0.1, 0.15) is 11.6 Å². The Morgan fingerprint density at radius 2 is 1.76 bits per heavy atom. The maximum Gasteiger partial charge on any atom is 0.137 e. The van der Waals surface area contributed by atoms with E-state index in [1.165, 1.54) is 18.2 Å². The number of anilines is 3. The predicted octanol–water partition coefficient (Wildman–Crippen LogP) is 4.05. The molecule has 0 saturated heterocycles. The van der Waals surface area contributed by atoms with Gasteiger partial charge in [0.15, 0.2) is 0 Å². The topological polar surface area (TPSA) is 38.0 Å². The molecule has 0 saturated carbocycles. The molecule has 0 aromatic heterocycles. The Labute approximate surface area is 106 Å². The highest BCUT2D eigenvalue weighted by Gasteiger charge is 2.02. The first-order valence-electron chi connectivity index (χ1n) is 4.83. The lowest BCUT2D eigenvalue weighted by Crippen LogP contribution is -1.94. The highest BCUT2D eigenvalue weighted by Crippen LogP contribution is 2.24. The van der Waals surface area contributed by atoms with Crippen LogP contribution in [0.4, 0.5) is 25.8 Å². The average Bonchev–Trinajstić information content (AvgIpc) is 2.22. The lowest BCUT2D eigenvalue weighted by Gasteiger charge is -2.08. The fourth-order valence-electron chi connectivity index (χ4n) is 1.43. The fourth-order valence-corrected chi connectivity index (χ4v) is 1.80. The second kappa shape index (κ2) is 4.71. The summed E-state index contributed by atoms with van der Waals surface area (Å²) in [5, 5.41) is 2.94. The van der Waals surface area contributed by atoms with Gasteiger partial charge in [0.25, 0.3) is 0 Å². The van der Waals surface area contributed by atoms with Crippen LogP contribution < -0.4 is 11.1 Å². The number of hydrogen-bond donors (Lipinski definition) is 2. The largest absolute Gasteiger partial charge is 0.399 e. The third kappa shape index (κ3) is 2.94. The smallest absolute Gasteiger partial charge is 0.137 e. The van der Waals surface area contributed by atoms with E-state index in [0.717, 1.165) is 0 Å². The van der Waals surface area contributed by atoms with Crippen LogP contribution in [0, 0.1) is 11.6 Å². The molecule has 2 aromatic carbocycles. The van der Waals surface area contributed by atoms with Crippen molar-refractivity contribution in [2.75, 3.05) is 11.1 Å². The predicted molar refractivity (Wildman–Crippen MR) is 68.2 cm³/mol. The van der Waals surface area contributed by atoms with Crippen molar-refractivity contribution in [3.05, 3.63) is 52.5 Å². The van der Waals surface area contributed by atoms with Crippen LogP contribution in [0.2, 0.25) is 0 Å². The van der Waals surface area contributed by atoms with Crippen LogP contribution in [-0.4, -0.2) is 0 Å². The summed E-state index contributed by atoms with van der Waals surface area (Å²) in [7, 11) is 0. The zero-order valence-corrected chi connectivity index (χ0v) is 10.3. The monoisotopic (exact) mass is 298 g/mol. The van der Waals surface area contributed by atoms with Crippen LogP contribution in [0.15, 0.2) is 40.9 Å². The first kappa shape index (κ1) is 11.9. The van der Waals surface area contributed by atoms with E-state index in [1.54, 1.807) is 18.2 Å². The summed E-state index contributed by atoms with van der Waals surface area (Å²) >= 11 is 3.07. The van der Waals surface area contributed by atoms with Crippen LogP contribution in [0.3, 0.4) is 0 Å². The second-order valence-electron chi connectivity index (χ2n) is 3.53. The molecular formula is C12H9BrF2N2. The summed E-state index contributed by atoms with van der Waals surface area (Å²) in [6, 6.07) is 8.58. The van der Waals surface area contributed by atoms with Crippen molar-refractivity contribution in [2.24, 2.45) is 0 Å².